The summed E-state index contributed by atoms with van der Waals surface area (Å²) in [5, 5.41) is 10.4. The third kappa shape index (κ3) is 5.97. The van der Waals surface area contributed by atoms with Crippen molar-refractivity contribution in [3.8, 4) is 23.6 Å². The minimum absolute atomic E-state index is 0.215. The SMILES string of the molecule is Cc1cc(Oc2ccc(Cl)cc2Cl)nc(N(C#N)CCOc2ccc(Br)cc2)n1. The van der Waals surface area contributed by atoms with Gasteiger partial charge in [-0.15, -0.1) is 0 Å². The molecule has 2 aromatic carbocycles. The molecule has 0 spiro atoms. The number of benzene rings is 2. The summed E-state index contributed by atoms with van der Waals surface area (Å²) in [6.45, 7) is 2.35. The molecule has 1 aromatic heterocycles. The van der Waals surface area contributed by atoms with Gasteiger partial charge in [-0.1, -0.05) is 39.1 Å². The Labute approximate surface area is 186 Å². The molecule has 0 fully saturated rings. The molecule has 0 unspecified atom stereocenters. The van der Waals surface area contributed by atoms with E-state index >= 15 is 0 Å². The monoisotopic (exact) mass is 492 g/mol. The lowest BCUT2D eigenvalue weighted by Crippen LogP contribution is -2.25. The van der Waals surface area contributed by atoms with Gasteiger partial charge in [0, 0.05) is 21.3 Å². The standard InChI is InChI=1S/C20H15BrCl2N4O2/c1-13-10-19(29-18-7-4-15(22)11-17(18)23)26-20(25-13)27(12-24)8-9-28-16-5-2-14(21)3-6-16/h2-7,10-11H,8-9H2,1H3. The lowest BCUT2D eigenvalue weighted by molar-refractivity contribution is 0.327. The van der Waals surface area contributed by atoms with Crippen LogP contribution in [0.1, 0.15) is 5.69 Å². The van der Waals surface area contributed by atoms with Crippen LogP contribution in [0.3, 0.4) is 0 Å². The molecule has 1 heterocycles. The summed E-state index contributed by atoms with van der Waals surface area (Å²) < 4.78 is 12.4. The van der Waals surface area contributed by atoms with Crippen molar-refractivity contribution < 1.29 is 9.47 Å². The number of hydrogen-bond donors (Lipinski definition) is 0. The smallest absolute Gasteiger partial charge is 0.242 e. The van der Waals surface area contributed by atoms with Gasteiger partial charge in [0.15, 0.2) is 6.19 Å². The van der Waals surface area contributed by atoms with E-state index in [0.717, 1.165) is 4.47 Å². The summed E-state index contributed by atoms with van der Waals surface area (Å²) in [5.41, 5.74) is 0.643. The van der Waals surface area contributed by atoms with Crippen molar-refractivity contribution in [1.82, 2.24) is 9.97 Å². The molecule has 0 bridgehead atoms. The van der Waals surface area contributed by atoms with Crippen LogP contribution >= 0.6 is 39.1 Å². The van der Waals surface area contributed by atoms with Crippen LogP contribution in [0.2, 0.25) is 10.0 Å². The minimum atomic E-state index is 0.215. The predicted octanol–water partition coefficient (Wildman–Crippen LogP) is 6.01. The number of aryl methyl sites for hydroxylation is 1. The minimum Gasteiger partial charge on any atom is -0.492 e. The second kappa shape index (κ2) is 9.79. The first-order valence-electron chi connectivity index (χ1n) is 8.49. The first-order chi connectivity index (χ1) is 13.9. The van der Waals surface area contributed by atoms with Gasteiger partial charge >= 0.3 is 0 Å². The van der Waals surface area contributed by atoms with E-state index in [1.54, 1.807) is 31.2 Å². The fourth-order valence-electron chi connectivity index (χ4n) is 2.35. The molecule has 3 rings (SSSR count). The molecule has 0 aliphatic heterocycles. The number of nitrogens with zero attached hydrogens (tertiary/aromatic N) is 4. The molecule has 0 saturated heterocycles. The highest BCUT2D eigenvalue weighted by atomic mass is 79.9. The van der Waals surface area contributed by atoms with Gasteiger partial charge in [-0.05, 0) is 49.4 Å². The maximum absolute atomic E-state index is 9.52. The fraction of sp³-hybridized carbons (Fsp3) is 0.150. The van der Waals surface area contributed by atoms with Gasteiger partial charge < -0.3 is 9.47 Å². The van der Waals surface area contributed by atoms with Gasteiger partial charge in [0.05, 0.1) is 11.6 Å². The summed E-state index contributed by atoms with van der Waals surface area (Å²) in [4.78, 5) is 9.97. The van der Waals surface area contributed by atoms with E-state index in [4.69, 9.17) is 32.7 Å². The quantitative estimate of drug-likeness (QED) is 0.296. The Morgan fingerprint density at radius 3 is 2.55 bits per heavy atom. The van der Waals surface area contributed by atoms with Crippen molar-refractivity contribution in [2.45, 2.75) is 6.92 Å². The van der Waals surface area contributed by atoms with E-state index in [9.17, 15) is 5.26 Å². The molecular weight excluding hydrogens is 479 g/mol. The molecule has 0 N–H and O–H groups in total. The Hall–Kier alpha value is -2.53. The average Bonchev–Trinajstić information content (AvgIpc) is 2.68. The average molecular weight is 494 g/mol. The molecule has 0 amide bonds. The van der Waals surface area contributed by atoms with Crippen molar-refractivity contribution in [1.29, 1.82) is 5.26 Å². The van der Waals surface area contributed by atoms with Crippen LogP contribution in [0.25, 0.3) is 0 Å². The van der Waals surface area contributed by atoms with E-state index in [0.29, 0.717) is 27.2 Å². The van der Waals surface area contributed by atoms with E-state index in [1.165, 1.54) is 4.90 Å². The largest absolute Gasteiger partial charge is 0.492 e. The Morgan fingerprint density at radius 2 is 1.86 bits per heavy atom. The van der Waals surface area contributed by atoms with Crippen LogP contribution in [-0.4, -0.2) is 23.1 Å². The maximum atomic E-state index is 9.52. The van der Waals surface area contributed by atoms with Gasteiger partial charge in [0.1, 0.15) is 18.1 Å². The summed E-state index contributed by atoms with van der Waals surface area (Å²) in [5.74, 6) is 1.60. The van der Waals surface area contributed by atoms with Crippen LogP contribution in [0.4, 0.5) is 5.95 Å². The molecule has 29 heavy (non-hydrogen) atoms. The van der Waals surface area contributed by atoms with Gasteiger partial charge in [0.25, 0.3) is 0 Å². The van der Waals surface area contributed by atoms with Crippen molar-refractivity contribution in [3.05, 3.63) is 68.7 Å². The van der Waals surface area contributed by atoms with Gasteiger partial charge in [-0.25, -0.2) is 9.88 Å². The number of anilines is 1. The number of nitriles is 1. The Balaban J connectivity index is 1.70. The number of hydrogen-bond acceptors (Lipinski definition) is 6. The third-order valence-electron chi connectivity index (χ3n) is 3.69. The number of rotatable bonds is 7. The molecule has 6 nitrogen and oxygen atoms in total. The zero-order chi connectivity index (χ0) is 20.8. The van der Waals surface area contributed by atoms with Crippen LogP contribution in [0.15, 0.2) is 53.0 Å². The maximum Gasteiger partial charge on any atom is 0.242 e. The second-order valence-electron chi connectivity index (χ2n) is 5.88. The predicted molar refractivity (Wildman–Crippen MR) is 116 cm³/mol. The Morgan fingerprint density at radius 1 is 1.10 bits per heavy atom. The molecule has 148 valence electrons. The van der Waals surface area contributed by atoms with Gasteiger partial charge in [0.2, 0.25) is 11.8 Å². The van der Waals surface area contributed by atoms with Crippen molar-refractivity contribution in [2.75, 3.05) is 18.1 Å². The molecule has 0 aliphatic carbocycles. The normalized spacial score (nSPS) is 10.3. The van der Waals surface area contributed by atoms with Crippen LogP contribution in [0.5, 0.6) is 17.4 Å². The number of ether oxygens (including phenoxy) is 2. The number of halogens is 3. The highest BCUT2D eigenvalue weighted by Crippen LogP contribution is 2.31. The summed E-state index contributed by atoms with van der Waals surface area (Å²) >= 11 is 15.4. The van der Waals surface area contributed by atoms with Crippen LogP contribution in [0, 0.1) is 18.4 Å². The first-order valence-corrected chi connectivity index (χ1v) is 10.0. The highest BCUT2D eigenvalue weighted by molar-refractivity contribution is 9.10. The zero-order valence-corrected chi connectivity index (χ0v) is 18.4. The van der Waals surface area contributed by atoms with E-state index in [1.807, 2.05) is 24.3 Å². The third-order valence-corrected chi connectivity index (χ3v) is 4.75. The highest BCUT2D eigenvalue weighted by Gasteiger charge is 2.13. The number of aromatic nitrogens is 2. The molecular formula is C20H15BrCl2N4O2. The lowest BCUT2D eigenvalue weighted by atomic mass is 10.3. The van der Waals surface area contributed by atoms with Crippen molar-refractivity contribution >= 4 is 45.1 Å². The van der Waals surface area contributed by atoms with Gasteiger partial charge in [-0.2, -0.15) is 10.2 Å². The molecule has 0 saturated carbocycles. The molecule has 0 aliphatic rings. The molecule has 3 aromatic rings. The van der Waals surface area contributed by atoms with Crippen molar-refractivity contribution in [3.63, 3.8) is 0 Å². The topological polar surface area (TPSA) is 71.3 Å². The van der Waals surface area contributed by atoms with Gasteiger partial charge in [-0.3, -0.25) is 0 Å². The second-order valence-corrected chi connectivity index (χ2v) is 7.64. The molecule has 0 radical (unpaired) electrons. The lowest BCUT2D eigenvalue weighted by Gasteiger charge is -2.16. The Kier molecular flexibility index (Phi) is 7.15. The van der Waals surface area contributed by atoms with Crippen molar-refractivity contribution in [2.24, 2.45) is 0 Å². The van der Waals surface area contributed by atoms with Crippen LogP contribution in [-0.2, 0) is 0 Å². The van der Waals surface area contributed by atoms with E-state index in [2.05, 4.69) is 32.1 Å². The fourth-order valence-corrected chi connectivity index (χ4v) is 3.06. The molecule has 9 heteroatoms. The Bertz CT molecular complexity index is 1040. The summed E-state index contributed by atoms with van der Waals surface area (Å²) in [7, 11) is 0. The first kappa shape index (κ1) is 21.2. The van der Waals surface area contributed by atoms with Crippen LogP contribution < -0.4 is 14.4 Å². The summed E-state index contributed by atoms with van der Waals surface area (Å²) in [6.07, 6.45) is 2.07. The zero-order valence-electron chi connectivity index (χ0n) is 15.3. The molecule has 0 atom stereocenters. The summed E-state index contributed by atoms with van der Waals surface area (Å²) in [6, 6.07) is 14.0. The van der Waals surface area contributed by atoms with E-state index < -0.39 is 0 Å². The van der Waals surface area contributed by atoms with E-state index in [-0.39, 0.29) is 25.0 Å².